The Bertz CT molecular complexity index is 1000. The molecule has 1 aromatic heterocycles. The number of aromatic nitrogens is 2. The Hall–Kier alpha value is -2.88. The smallest absolute Gasteiger partial charge is 0.224 e. The van der Waals surface area contributed by atoms with Gasteiger partial charge in [0.2, 0.25) is 5.91 Å². The summed E-state index contributed by atoms with van der Waals surface area (Å²) in [6.07, 6.45) is 5.11. The predicted molar refractivity (Wildman–Crippen MR) is 140 cm³/mol. The lowest BCUT2D eigenvalue weighted by Gasteiger charge is -2.15. The van der Waals surface area contributed by atoms with Gasteiger partial charge in [0.05, 0.1) is 6.54 Å². The average Bonchev–Trinajstić information content (AvgIpc) is 3.28. The molecule has 2 aromatic carbocycles. The van der Waals surface area contributed by atoms with E-state index in [-0.39, 0.29) is 29.9 Å². The summed E-state index contributed by atoms with van der Waals surface area (Å²) in [5, 5.41) is 13.9. The number of hydrogen-bond acceptors (Lipinski definition) is 3. The van der Waals surface area contributed by atoms with E-state index in [2.05, 4.69) is 38.2 Å². The minimum atomic E-state index is 0. The maximum absolute atomic E-state index is 11.8. The SMILES string of the molecule is CCCC(=O)Nc1cccc(CNC(=NC)NCc2ccccc2Cn2cccn2)c1.I. The summed E-state index contributed by atoms with van der Waals surface area (Å²) >= 11 is 0. The third-order valence-electron chi connectivity index (χ3n) is 4.83. The van der Waals surface area contributed by atoms with Crippen molar-refractivity contribution < 1.29 is 4.79 Å². The first kappa shape index (κ1) is 25.4. The van der Waals surface area contributed by atoms with E-state index < -0.39 is 0 Å². The van der Waals surface area contributed by atoms with Gasteiger partial charge in [0, 0.05) is 44.6 Å². The third kappa shape index (κ3) is 7.99. The number of halogens is 1. The molecule has 3 aromatic rings. The second kappa shape index (κ2) is 13.5. The molecule has 0 fully saturated rings. The Morgan fingerprint density at radius 2 is 1.81 bits per heavy atom. The zero-order valence-corrected chi connectivity index (χ0v) is 20.9. The monoisotopic (exact) mass is 546 g/mol. The molecule has 0 saturated heterocycles. The summed E-state index contributed by atoms with van der Waals surface area (Å²) in [4.78, 5) is 16.1. The van der Waals surface area contributed by atoms with Crippen LogP contribution in [0.3, 0.4) is 0 Å². The van der Waals surface area contributed by atoms with Crippen molar-refractivity contribution >= 4 is 41.5 Å². The molecular weight excluding hydrogens is 515 g/mol. The van der Waals surface area contributed by atoms with Crippen LogP contribution in [0.5, 0.6) is 0 Å². The average molecular weight is 546 g/mol. The molecule has 0 aliphatic heterocycles. The molecule has 0 aliphatic carbocycles. The van der Waals surface area contributed by atoms with Crippen LogP contribution in [-0.4, -0.2) is 28.7 Å². The highest BCUT2D eigenvalue weighted by Gasteiger charge is 2.06. The second-order valence-electron chi connectivity index (χ2n) is 7.25. The number of amides is 1. The molecule has 0 bridgehead atoms. The van der Waals surface area contributed by atoms with E-state index in [1.54, 1.807) is 13.2 Å². The number of hydrogen-bond donors (Lipinski definition) is 3. The maximum Gasteiger partial charge on any atom is 0.224 e. The Labute approximate surface area is 206 Å². The molecule has 170 valence electrons. The molecule has 0 radical (unpaired) electrons. The van der Waals surface area contributed by atoms with E-state index in [9.17, 15) is 4.79 Å². The molecule has 0 spiro atoms. The number of benzene rings is 2. The molecule has 0 unspecified atom stereocenters. The van der Waals surface area contributed by atoms with Crippen LogP contribution in [-0.2, 0) is 24.4 Å². The van der Waals surface area contributed by atoms with E-state index >= 15 is 0 Å². The summed E-state index contributed by atoms with van der Waals surface area (Å²) in [6, 6.07) is 18.1. The lowest BCUT2D eigenvalue weighted by atomic mass is 10.1. The van der Waals surface area contributed by atoms with Gasteiger partial charge < -0.3 is 16.0 Å². The number of nitrogens with zero attached hydrogens (tertiary/aromatic N) is 3. The topological polar surface area (TPSA) is 83.3 Å². The number of guanidine groups is 1. The van der Waals surface area contributed by atoms with Gasteiger partial charge in [-0.25, -0.2) is 0 Å². The van der Waals surface area contributed by atoms with Crippen molar-refractivity contribution in [2.24, 2.45) is 4.99 Å². The normalized spacial score (nSPS) is 10.9. The zero-order valence-electron chi connectivity index (χ0n) is 18.5. The largest absolute Gasteiger partial charge is 0.352 e. The molecule has 3 N–H and O–H groups in total. The first-order chi connectivity index (χ1) is 15.2. The Kier molecular flexibility index (Phi) is 10.7. The van der Waals surface area contributed by atoms with Gasteiger partial charge in [0.1, 0.15) is 0 Å². The van der Waals surface area contributed by atoms with Gasteiger partial charge in [0.15, 0.2) is 5.96 Å². The number of anilines is 1. The van der Waals surface area contributed by atoms with E-state index in [1.807, 2.05) is 60.3 Å². The van der Waals surface area contributed by atoms with Crippen molar-refractivity contribution in [1.29, 1.82) is 0 Å². The predicted octanol–water partition coefficient (Wildman–Crippen LogP) is 4.15. The molecule has 3 rings (SSSR count). The van der Waals surface area contributed by atoms with Crippen LogP contribution in [0.1, 0.15) is 36.5 Å². The van der Waals surface area contributed by atoms with Crippen molar-refractivity contribution in [3.63, 3.8) is 0 Å². The fourth-order valence-corrected chi connectivity index (χ4v) is 3.25. The molecule has 0 aliphatic rings. The summed E-state index contributed by atoms with van der Waals surface area (Å²) < 4.78 is 1.91. The van der Waals surface area contributed by atoms with Crippen molar-refractivity contribution in [2.45, 2.75) is 39.4 Å². The van der Waals surface area contributed by atoms with Crippen LogP contribution in [0, 0.1) is 0 Å². The van der Waals surface area contributed by atoms with Crippen molar-refractivity contribution in [3.8, 4) is 0 Å². The molecule has 7 nitrogen and oxygen atoms in total. The number of carbonyl (C=O) groups is 1. The fourth-order valence-electron chi connectivity index (χ4n) is 3.25. The van der Waals surface area contributed by atoms with Gasteiger partial charge >= 0.3 is 0 Å². The van der Waals surface area contributed by atoms with Gasteiger partial charge in [0.25, 0.3) is 0 Å². The first-order valence-electron chi connectivity index (χ1n) is 10.6. The number of carbonyl (C=O) groups excluding carboxylic acids is 1. The number of nitrogens with one attached hydrogen (secondary N) is 3. The molecule has 32 heavy (non-hydrogen) atoms. The van der Waals surface area contributed by atoms with Gasteiger partial charge in [-0.15, -0.1) is 24.0 Å². The summed E-state index contributed by atoms with van der Waals surface area (Å²) in [5.74, 6) is 0.758. The summed E-state index contributed by atoms with van der Waals surface area (Å²) in [5.41, 5.74) is 4.29. The minimum absolute atomic E-state index is 0. The lowest BCUT2D eigenvalue weighted by molar-refractivity contribution is -0.116. The number of aliphatic imine (C=N–C) groups is 1. The molecule has 8 heteroatoms. The van der Waals surface area contributed by atoms with Crippen LogP contribution >= 0.6 is 24.0 Å². The van der Waals surface area contributed by atoms with Crippen LogP contribution in [0.25, 0.3) is 0 Å². The van der Waals surface area contributed by atoms with Gasteiger partial charge in [-0.1, -0.05) is 43.3 Å². The second-order valence-corrected chi connectivity index (χ2v) is 7.25. The molecule has 1 amide bonds. The van der Waals surface area contributed by atoms with E-state index in [0.717, 1.165) is 24.2 Å². The standard InChI is InChI=1S/C24H30N6O.HI/c1-3-8-23(31)29-22-12-6-9-19(15-22)16-26-24(25-2)27-17-20-10-4-5-11-21(20)18-30-14-7-13-28-30;/h4-7,9-15H,3,8,16-18H2,1-2H3,(H,29,31)(H2,25,26,27);1H. The van der Waals surface area contributed by atoms with Crippen molar-refractivity contribution in [1.82, 2.24) is 20.4 Å². The fraction of sp³-hybridized carbons (Fsp3) is 0.292. The van der Waals surface area contributed by atoms with Crippen LogP contribution in [0.15, 0.2) is 72.0 Å². The Balaban J connectivity index is 0.00000363. The van der Waals surface area contributed by atoms with Crippen LogP contribution in [0.4, 0.5) is 5.69 Å². The molecular formula is C24H31IN6O. The van der Waals surface area contributed by atoms with Crippen molar-refractivity contribution in [2.75, 3.05) is 12.4 Å². The van der Waals surface area contributed by atoms with E-state index in [4.69, 9.17) is 0 Å². The van der Waals surface area contributed by atoms with E-state index in [1.165, 1.54) is 11.1 Å². The Morgan fingerprint density at radius 3 is 2.53 bits per heavy atom. The molecule has 0 saturated carbocycles. The van der Waals surface area contributed by atoms with Gasteiger partial charge in [-0.2, -0.15) is 5.10 Å². The third-order valence-corrected chi connectivity index (χ3v) is 4.83. The summed E-state index contributed by atoms with van der Waals surface area (Å²) in [7, 11) is 1.76. The zero-order chi connectivity index (χ0) is 21.9. The molecule has 1 heterocycles. The van der Waals surface area contributed by atoms with Crippen LogP contribution in [0.2, 0.25) is 0 Å². The lowest BCUT2D eigenvalue weighted by Crippen LogP contribution is -2.36. The van der Waals surface area contributed by atoms with Crippen LogP contribution < -0.4 is 16.0 Å². The highest BCUT2D eigenvalue weighted by Crippen LogP contribution is 2.12. The Morgan fingerprint density at radius 1 is 1.03 bits per heavy atom. The van der Waals surface area contributed by atoms with Crippen molar-refractivity contribution in [3.05, 3.63) is 83.7 Å². The minimum Gasteiger partial charge on any atom is -0.352 e. The maximum atomic E-state index is 11.8. The highest BCUT2D eigenvalue weighted by atomic mass is 127. The number of rotatable bonds is 9. The summed E-state index contributed by atoms with van der Waals surface area (Å²) in [6.45, 7) is 3.98. The molecule has 0 atom stereocenters. The van der Waals surface area contributed by atoms with E-state index in [0.29, 0.717) is 25.5 Å². The quantitative estimate of drug-likeness (QED) is 0.214. The van der Waals surface area contributed by atoms with Gasteiger partial charge in [-0.05, 0) is 41.3 Å². The van der Waals surface area contributed by atoms with Gasteiger partial charge in [-0.3, -0.25) is 14.5 Å². The highest BCUT2D eigenvalue weighted by molar-refractivity contribution is 14.0. The first-order valence-corrected chi connectivity index (χ1v) is 10.6.